The maximum atomic E-state index is 13.0. The lowest BCUT2D eigenvalue weighted by Crippen LogP contribution is -2.54. The number of amides is 4. The van der Waals surface area contributed by atoms with Gasteiger partial charge in [0.25, 0.3) is 11.8 Å². The Hall–Kier alpha value is -3.13. The van der Waals surface area contributed by atoms with Crippen molar-refractivity contribution in [2.45, 2.75) is 6.92 Å². The van der Waals surface area contributed by atoms with Gasteiger partial charge in [0, 0.05) is 11.6 Å². The Morgan fingerprint density at radius 2 is 1.71 bits per heavy atom. The van der Waals surface area contributed by atoms with Gasteiger partial charge in [0.05, 0.1) is 24.4 Å². The summed E-state index contributed by atoms with van der Waals surface area (Å²) in [6.07, 6.45) is 1.39. The number of hydrogen-bond acceptors (Lipinski definition) is 5. The quantitative estimate of drug-likeness (QED) is 0.576. The number of carbonyl (C=O) groups excluding carboxylic acids is 3. The Kier molecular flexibility index (Phi) is 5.51. The van der Waals surface area contributed by atoms with Crippen LogP contribution in [-0.4, -0.2) is 32.1 Å². The molecule has 1 fully saturated rings. The fourth-order valence-corrected chi connectivity index (χ4v) is 3.37. The highest BCUT2D eigenvalue weighted by molar-refractivity contribution is 9.10. The van der Waals surface area contributed by atoms with Crippen molar-refractivity contribution in [1.29, 1.82) is 0 Å². The van der Waals surface area contributed by atoms with Gasteiger partial charge in [-0.15, -0.1) is 0 Å². The molecule has 0 unspecified atom stereocenters. The third-order valence-corrected chi connectivity index (χ3v) is 4.88. The standard InChI is InChI=1S/C20H17BrN2O5/c1-11-6-4-5-7-15(11)23-19(25)13(18(24)22-20(23)26)8-12-9-14(21)17(28-3)10-16(12)27-2/h4-10H,1-3H3,(H,22,24,26)/b13-8+. The van der Waals surface area contributed by atoms with E-state index in [9.17, 15) is 14.4 Å². The minimum atomic E-state index is -0.788. The van der Waals surface area contributed by atoms with Crippen molar-refractivity contribution in [1.82, 2.24) is 5.32 Å². The third-order valence-electron chi connectivity index (χ3n) is 4.26. The molecule has 0 atom stereocenters. The molecule has 1 aliphatic heterocycles. The van der Waals surface area contributed by atoms with Crippen LogP contribution in [0.5, 0.6) is 11.5 Å². The van der Waals surface area contributed by atoms with Crippen LogP contribution in [0.2, 0.25) is 0 Å². The normalized spacial score (nSPS) is 15.6. The number of para-hydroxylation sites is 1. The zero-order chi connectivity index (χ0) is 20.4. The van der Waals surface area contributed by atoms with Crippen LogP contribution in [0.25, 0.3) is 6.08 Å². The lowest BCUT2D eigenvalue weighted by Gasteiger charge is -2.27. The highest BCUT2D eigenvalue weighted by Gasteiger charge is 2.37. The van der Waals surface area contributed by atoms with E-state index in [0.717, 1.165) is 10.5 Å². The molecule has 2 aromatic rings. The van der Waals surface area contributed by atoms with Crippen LogP contribution < -0.4 is 19.7 Å². The van der Waals surface area contributed by atoms with Crippen LogP contribution in [0, 0.1) is 6.92 Å². The van der Waals surface area contributed by atoms with Crippen LogP contribution in [0.4, 0.5) is 10.5 Å². The number of halogens is 1. The molecule has 1 heterocycles. The molecule has 0 spiro atoms. The van der Waals surface area contributed by atoms with Gasteiger partial charge in [0.2, 0.25) is 0 Å². The van der Waals surface area contributed by atoms with Gasteiger partial charge in [0.1, 0.15) is 17.1 Å². The van der Waals surface area contributed by atoms with Crippen LogP contribution in [-0.2, 0) is 9.59 Å². The van der Waals surface area contributed by atoms with Gasteiger partial charge in [-0.2, -0.15) is 0 Å². The molecule has 3 rings (SSSR count). The third kappa shape index (κ3) is 3.50. The molecule has 0 radical (unpaired) electrons. The fraction of sp³-hybridized carbons (Fsp3) is 0.150. The number of urea groups is 1. The van der Waals surface area contributed by atoms with Crippen molar-refractivity contribution in [3.05, 3.63) is 57.6 Å². The van der Waals surface area contributed by atoms with Crippen molar-refractivity contribution in [2.75, 3.05) is 19.1 Å². The van der Waals surface area contributed by atoms with E-state index in [1.807, 2.05) is 0 Å². The highest BCUT2D eigenvalue weighted by atomic mass is 79.9. The summed E-state index contributed by atoms with van der Waals surface area (Å²) >= 11 is 3.37. The number of barbiturate groups is 1. The second-order valence-corrected chi connectivity index (χ2v) is 6.83. The van der Waals surface area contributed by atoms with E-state index in [4.69, 9.17) is 9.47 Å². The van der Waals surface area contributed by atoms with E-state index in [1.165, 1.54) is 20.3 Å². The maximum Gasteiger partial charge on any atom is 0.335 e. The lowest BCUT2D eigenvalue weighted by molar-refractivity contribution is -0.122. The summed E-state index contributed by atoms with van der Waals surface area (Å²) in [6.45, 7) is 1.78. The predicted molar refractivity (Wildman–Crippen MR) is 107 cm³/mol. The van der Waals surface area contributed by atoms with E-state index in [0.29, 0.717) is 27.2 Å². The van der Waals surface area contributed by atoms with Crippen LogP contribution >= 0.6 is 15.9 Å². The number of imide groups is 2. The number of hydrogen-bond donors (Lipinski definition) is 1. The number of methoxy groups -OCH3 is 2. The molecule has 0 bridgehead atoms. The summed E-state index contributed by atoms with van der Waals surface area (Å²) in [7, 11) is 2.98. The monoisotopic (exact) mass is 444 g/mol. The Morgan fingerprint density at radius 1 is 1.04 bits per heavy atom. The van der Waals surface area contributed by atoms with Crippen molar-refractivity contribution in [3.63, 3.8) is 0 Å². The Bertz CT molecular complexity index is 1020. The molecule has 1 saturated heterocycles. The minimum Gasteiger partial charge on any atom is -0.496 e. The van der Waals surface area contributed by atoms with Gasteiger partial charge < -0.3 is 9.47 Å². The van der Waals surface area contributed by atoms with Gasteiger partial charge in [-0.05, 0) is 46.6 Å². The molecule has 8 heteroatoms. The second-order valence-electron chi connectivity index (χ2n) is 5.97. The fourth-order valence-electron chi connectivity index (χ4n) is 2.84. The first-order valence-electron chi connectivity index (χ1n) is 8.26. The first-order valence-corrected chi connectivity index (χ1v) is 9.05. The van der Waals surface area contributed by atoms with Gasteiger partial charge in [0.15, 0.2) is 0 Å². The maximum absolute atomic E-state index is 13.0. The van der Waals surface area contributed by atoms with E-state index in [-0.39, 0.29) is 5.57 Å². The zero-order valence-electron chi connectivity index (χ0n) is 15.4. The van der Waals surface area contributed by atoms with Crippen molar-refractivity contribution >= 4 is 45.5 Å². The average Bonchev–Trinajstić information content (AvgIpc) is 2.66. The van der Waals surface area contributed by atoms with Crippen LogP contribution in [0.15, 0.2) is 46.4 Å². The largest absolute Gasteiger partial charge is 0.496 e. The smallest absolute Gasteiger partial charge is 0.335 e. The number of anilines is 1. The topological polar surface area (TPSA) is 84.9 Å². The summed E-state index contributed by atoms with van der Waals surface area (Å²) in [4.78, 5) is 38.6. The predicted octanol–water partition coefficient (Wildman–Crippen LogP) is 3.44. The van der Waals surface area contributed by atoms with Gasteiger partial charge in [-0.25, -0.2) is 9.69 Å². The molecule has 144 valence electrons. The molecule has 0 saturated carbocycles. The van der Waals surface area contributed by atoms with Crippen molar-refractivity contribution in [3.8, 4) is 11.5 Å². The average molecular weight is 445 g/mol. The van der Waals surface area contributed by atoms with Crippen LogP contribution in [0.1, 0.15) is 11.1 Å². The van der Waals surface area contributed by atoms with Gasteiger partial charge in [-0.3, -0.25) is 14.9 Å². The summed E-state index contributed by atoms with van der Waals surface area (Å²) < 4.78 is 11.2. The van der Waals surface area contributed by atoms with E-state index < -0.39 is 17.8 Å². The number of nitrogens with zero attached hydrogens (tertiary/aromatic N) is 1. The Morgan fingerprint density at radius 3 is 2.36 bits per heavy atom. The lowest BCUT2D eigenvalue weighted by atomic mass is 10.0. The number of ether oxygens (including phenoxy) is 2. The van der Waals surface area contributed by atoms with Crippen LogP contribution in [0.3, 0.4) is 0 Å². The summed E-state index contributed by atoms with van der Waals surface area (Å²) in [5.74, 6) is -0.534. The van der Waals surface area contributed by atoms with E-state index >= 15 is 0 Å². The summed E-state index contributed by atoms with van der Waals surface area (Å²) in [5.41, 5.74) is 1.43. The summed E-state index contributed by atoms with van der Waals surface area (Å²) in [5, 5.41) is 2.21. The first kappa shape index (κ1) is 19.6. The second kappa shape index (κ2) is 7.85. The SMILES string of the molecule is COc1cc(OC)c(/C=C2\C(=O)NC(=O)N(c3ccccc3C)C2=O)cc1Br. The van der Waals surface area contributed by atoms with Gasteiger partial charge >= 0.3 is 6.03 Å². The molecule has 28 heavy (non-hydrogen) atoms. The molecule has 1 N–H and O–H groups in total. The first-order chi connectivity index (χ1) is 13.4. The molecular weight excluding hydrogens is 428 g/mol. The molecule has 2 aromatic carbocycles. The molecule has 0 aliphatic carbocycles. The number of aryl methyl sites for hydroxylation is 1. The molecular formula is C20H17BrN2O5. The Labute approximate surface area is 170 Å². The summed E-state index contributed by atoms with van der Waals surface area (Å²) in [6, 6.07) is 9.44. The number of rotatable bonds is 4. The zero-order valence-corrected chi connectivity index (χ0v) is 17.0. The molecule has 0 aromatic heterocycles. The Balaban J connectivity index is 2.10. The number of carbonyl (C=O) groups is 3. The van der Waals surface area contributed by atoms with Crippen molar-refractivity contribution in [2.24, 2.45) is 0 Å². The van der Waals surface area contributed by atoms with Gasteiger partial charge in [-0.1, -0.05) is 18.2 Å². The number of nitrogens with one attached hydrogen (secondary N) is 1. The minimum absolute atomic E-state index is 0.182. The number of benzene rings is 2. The van der Waals surface area contributed by atoms with Crippen molar-refractivity contribution < 1.29 is 23.9 Å². The molecule has 4 amide bonds. The highest BCUT2D eigenvalue weighted by Crippen LogP contribution is 2.34. The molecule has 1 aliphatic rings. The molecule has 7 nitrogen and oxygen atoms in total. The van der Waals surface area contributed by atoms with E-state index in [2.05, 4.69) is 21.2 Å². The van der Waals surface area contributed by atoms with E-state index in [1.54, 1.807) is 43.3 Å².